The van der Waals surface area contributed by atoms with E-state index in [4.69, 9.17) is 10.5 Å². The van der Waals surface area contributed by atoms with Crippen LogP contribution in [0.15, 0.2) is 48.7 Å². The molecule has 1 aliphatic heterocycles. The Balaban J connectivity index is 1.77. The highest BCUT2D eigenvalue weighted by Crippen LogP contribution is 2.25. The van der Waals surface area contributed by atoms with E-state index in [1.807, 2.05) is 37.3 Å². The molecule has 2 heterocycles. The van der Waals surface area contributed by atoms with Crippen LogP contribution in [0.3, 0.4) is 0 Å². The van der Waals surface area contributed by atoms with Crippen LogP contribution >= 0.6 is 0 Å². The quantitative estimate of drug-likeness (QED) is 0.932. The van der Waals surface area contributed by atoms with Gasteiger partial charge >= 0.3 is 0 Å². The van der Waals surface area contributed by atoms with E-state index in [1.54, 1.807) is 4.90 Å². The van der Waals surface area contributed by atoms with Crippen LogP contribution in [-0.2, 0) is 4.74 Å². The van der Waals surface area contributed by atoms with Crippen LogP contribution in [0.4, 0.5) is 0 Å². The Labute approximate surface area is 140 Å². The molecule has 0 saturated carbocycles. The van der Waals surface area contributed by atoms with Crippen molar-refractivity contribution < 1.29 is 14.3 Å². The molecule has 1 saturated heterocycles. The molecule has 0 aliphatic carbocycles. The number of nitrogens with two attached hydrogens (primary N) is 1. The first kappa shape index (κ1) is 16.1. The normalized spacial score (nSPS) is 20.6. The Morgan fingerprint density at radius 1 is 1.17 bits per heavy atom. The SMILES string of the molecule is CC1CN(C(=O)c2ccc(C(N)=O)cn2)CC(c2ccccc2)O1. The minimum Gasteiger partial charge on any atom is -0.367 e. The Kier molecular flexibility index (Phi) is 4.57. The zero-order chi connectivity index (χ0) is 17.1. The van der Waals surface area contributed by atoms with Gasteiger partial charge in [0.15, 0.2) is 0 Å². The lowest BCUT2D eigenvalue weighted by Crippen LogP contribution is -2.46. The summed E-state index contributed by atoms with van der Waals surface area (Å²) in [5.41, 5.74) is 6.81. The fraction of sp³-hybridized carbons (Fsp3) is 0.278. The van der Waals surface area contributed by atoms with E-state index in [-0.39, 0.29) is 23.7 Å². The summed E-state index contributed by atoms with van der Waals surface area (Å²) >= 11 is 0. The van der Waals surface area contributed by atoms with Gasteiger partial charge in [0, 0.05) is 12.7 Å². The van der Waals surface area contributed by atoms with Crippen LogP contribution in [0.1, 0.15) is 39.4 Å². The average Bonchev–Trinajstić information content (AvgIpc) is 2.61. The summed E-state index contributed by atoms with van der Waals surface area (Å²) in [6.45, 7) is 2.91. The first-order valence-electron chi connectivity index (χ1n) is 7.80. The van der Waals surface area contributed by atoms with Gasteiger partial charge in [0.05, 0.1) is 18.2 Å². The van der Waals surface area contributed by atoms with E-state index in [0.29, 0.717) is 18.8 Å². The topological polar surface area (TPSA) is 85.5 Å². The molecule has 2 N–H and O–H groups in total. The maximum atomic E-state index is 12.7. The van der Waals surface area contributed by atoms with E-state index < -0.39 is 5.91 Å². The molecule has 0 radical (unpaired) electrons. The van der Waals surface area contributed by atoms with Crippen molar-refractivity contribution in [3.63, 3.8) is 0 Å². The second-order valence-corrected chi connectivity index (χ2v) is 5.85. The summed E-state index contributed by atoms with van der Waals surface area (Å²) in [5, 5.41) is 0. The van der Waals surface area contributed by atoms with E-state index in [0.717, 1.165) is 5.56 Å². The van der Waals surface area contributed by atoms with Gasteiger partial charge in [-0.2, -0.15) is 0 Å². The maximum absolute atomic E-state index is 12.7. The van der Waals surface area contributed by atoms with Gasteiger partial charge in [-0.25, -0.2) is 0 Å². The fourth-order valence-electron chi connectivity index (χ4n) is 2.80. The Morgan fingerprint density at radius 2 is 1.92 bits per heavy atom. The number of carbonyl (C=O) groups is 2. The molecule has 1 aliphatic rings. The van der Waals surface area contributed by atoms with Gasteiger partial charge in [0.2, 0.25) is 5.91 Å². The van der Waals surface area contributed by atoms with Gasteiger partial charge < -0.3 is 15.4 Å². The minimum atomic E-state index is -0.564. The number of amides is 2. The molecule has 1 aromatic heterocycles. The summed E-state index contributed by atoms with van der Waals surface area (Å²) in [7, 11) is 0. The Bertz CT molecular complexity index is 731. The maximum Gasteiger partial charge on any atom is 0.272 e. The molecule has 1 fully saturated rings. The number of primary amides is 1. The van der Waals surface area contributed by atoms with Crippen LogP contribution in [0.2, 0.25) is 0 Å². The van der Waals surface area contributed by atoms with Gasteiger partial charge in [-0.3, -0.25) is 14.6 Å². The van der Waals surface area contributed by atoms with Crippen molar-refractivity contribution in [2.75, 3.05) is 13.1 Å². The Morgan fingerprint density at radius 3 is 2.54 bits per heavy atom. The molecule has 2 unspecified atom stereocenters. The summed E-state index contributed by atoms with van der Waals surface area (Å²) < 4.78 is 5.96. The standard InChI is InChI=1S/C18H19N3O3/c1-12-10-21(11-16(24-12)13-5-3-2-4-6-13)18(23)15-8-7-14(9-20-15)17(19)22/h2-9,12,16H,10-11H2,1H3,(H2,19,22). The van der Waals surface area contributed by atoms with Gasteiger partial charge in [0.1, 0.15) is 11.8 Å². The van der Waals surface area contributed by atoms with Crippen LogP contribution < -0.4 is 5.73 Å². The number of hydrogen-bond donors (Lipinski definition) is 1. The molecule has 0 spiro atoms. The molecule has 1 aromatic carbocycles. The highest BCUT2D eigenvalue weighted by atomic mass is 16.5. The number of ether oxygens (including phenoxy) is 1. The minimum absolute atomic E-state index is 0.0715. The van der Waals surface area contributed by atoms with E-state index in [1.165, 1.54) is 18.3 Å². The van der Waals surface area contributed by atoms with Crippen LogP contribution in [-0.4, -0.2) is 40.9 Å². The van der Waals surface area contributed by atoms with Crippen molar-refractivity contribution in [3.05, 3.63) is 65.5 Å². The molecule has 2 aromatic rings. The third-order valence-electron chi connectivity index (χ3n) is 3.99. The number of rotatable bonds is 3. The van der Waals surface area contributed by atoms with Crippen molar-refractivity contribution in [1.82, 2.24) is 9.88 Å². The van der Waals surface area contributed by atoms with Gasteiger partial charge in [-0.15, -0.1) is 0 Å². The van der Waals surface area contributed by atoms with Crippen molar-refractivity contribution >= 4 is 11.8 Å². The van der Waals surface area contributed by atoms with Gasteiger partial charge in [-0.1, -0.05) is 30.3 Å². The van der Waals surface area contributed by atoms with E-state index in [2.05, 4.69) is 4.98 Å². The predicted molar refractivity (Wildman–Crippen MR) is 88.4 cm³/mol. The first-order chi connectivity index (χ1) is 11.5. The smallest absolute Gasteiger partial charge is 0.272 e. The van der Waals surface area contributed by atoms with Gasteiger partial charge in [0.25, 0.3) is 5.91 Å². The predicted octanol–water partition coefficient (Wildman–Crippen LogP) is 1.78. The monoisotopic (exact) mass is 325 g/mol. The number of hydrogen-bond acceptors (Lipinski definition) is 4. The van der Waals surface area contributed by atoms with E-state index in [9.17, 15) is 9.59 Å². The van der Waals surface area contributed by atoms with Crippen molar-refractivity contribution in [1.29, 1.82) is 0 Å². The third-order valence-corrected chi connectivity index (χ3v) is 3.99. The largest absolute Gasteiger partial charge is 0.367 e. The average molecular weight is 325 g/mol. The lowest BCUT2D eigenvalue weighted by molar-refractivity contribution is -0.0692. The Hall–Kier alpha value is -2.73. The fourth-order valence-corrected chi connectivity index (χ4v) is 2.80. The number of morpholine rings is 1. The number of benzene rings is 1. The van der Waals surface area contributed by atoms with Crippen LogP contribution in [0.5, 0.6) is 0 Å². The molecular weight excluding hydrogens is 306 g/mol. The molecular formula is C18H19N3O3. The molecule has 2 amide bonds. The lowest BCUT2D eigenvalue weighted by atomic mass is 10.1. The molecule has 124 valence electrons. The summed E-state index contributed by atoms with van der Waals surface area (Å²) in [6, 6.07) is 12.9. The second kappa shape index (κ2) is 6.80. The second-order valence-electron chi connectivity index (χ2n) is 5.85. The summed E-state index contributed by atoms with van der Waals surface area (Å²) in [4.78, 5) is 29.6. The lowest BCUT2D eigenvalue weighted by Gasteiger charge is -2.36. The molecule has 6 nitrogen and oxygen atoms in total. The zero-order valence-corrected chi connectivity index (χ0v) is 13.4. The highest BCUT2D eigenvalue weighted by molar-refractivity contribution is 5.95. The highest BCUT2D eigenvalue weighted by Gasteiger charge is 2.30. The summed E-state index contributed by atoms with van der Waals surface area (Å²) in [6.07, 6.45) is 1.09. The van der Waals surface area contributed by atoms with Crippen molar-refractivity contribution in [2.24, 2.45) is 5.73 Å². The number of aromatic nitrogens is 1. The molecule has 3 rings (SSSR count). The van der Waals surface area contributed by atoms with Gasteiger partial charge in [-0.05, 0) is 24.6 Å². The molecule has 6 heteroatoms. The van der Waals surface area contributed by atoms with E-state index >= 15 is 0 Å². The molecule has 24 heavy (non-hydrogen) atoms. The van der Waals surface area contributed by atoms with Crippen LogP contribution in [0, 0.1) is 0 Å². The first-order valence-corrected chi connectivity index (χ1v) is 7.80. The summed E-state index contributed by atoms with van der Waals surface area (Å²) in [5.74, 6) is -0.743. The number of carbonyl (C=O) groups excluding carboxylic acids is 2. The third kappa shape index (κ3) is 3.44. The number of nitrogens with zero attached hydrogens (tertiary/aromatic N) is 2. The molecule has 2 atom stereocenters. The number of pyridine rings is 1. The van der Waals surface area contributed by atoms with Crippen molar-refractivity contribution in [3.8, 4) is 0 Å². The van der Waals surface area contributed by atoms with Crippen LogP contribution in [0.25, 0.3) is 0 Å². The zero-order valence-electron chi connectivity index (χ0n) is 13.4. The molecule has 0 bridgehead atoms. The van der Waals surface area contributed by atoms with Crippen molar-refractivity contribution in [2.45, 2.75) is 19.1 Å².